The van der Waals surface area contributed by atoms with E-state index in [0.29, 0.717) is 10.8 Å². The van der Waals surface area contributed by atoms with Crippen molar-refractivity contribution < 1.29 is 12.6 Å². The van der Waals surface area contributed by atoms with Crippen molar-refractivity contribution in [2.24, 2.45) is 5.73 Å². The smallest absolute Gasteiger partial charge is 0.225 e. The summed E-state index contributed by atoms with van der Waals surface area (Å²) < 4.78 is 37.5. The van der Waals surface area contributed by atoms with Crippen LogP contribution in [0, 0.1) is 0 Å². The second-order valence-corrected chi connectivity index (χ2v) is 11.4. The molecule has 1 atom stereocenters. The van der Waals surface area contributed by atoms with Gasteiger partial charge in [-0.25, -0.2) is 8.42 Å². The molecule has 0 aliphatic heterocycles. The number of hydrogen-bond donors (Lipinski definition) is 1. The zero-order valence-corrected chi connectivity index (χ0v) is 13.4. The Labute approximate surface area is 120 Å². The van der Waals surface area contributed by atoms with Crippen LogP contribution < -0.4 is 5.73 Å². The molecule has 0 saturated heterocycles. The van der Waals surface area contributed by atoms with Gasteiger partial charge in [0, 0.05) is 27.2 Å². The minimum absolute atomic E-state index is 0.186. The molecular formula is C11H13NO3S4. The summed E-state index contributed by atoms with van der Waals surface area (Å²) in [6.07, 6.45) is 1.49. The Morgan fingerprint density at radius 1 is 1.05 bits per heavy atom. The third kappa shape index (κ3) is 2.92. The molecular weight excluding hydrogens is 322 g/mol. The molecule has 0 radical (unpaired) electrons. The van der Waals surface area contributed by atoms with Crippen molar-refractivity contribution in [3.8, 4) is 0 Å². The molecule has 0 fully saturated rings. The zero-order chi connectivity index (χ0) is 14.3. The minimum Gasteiger partial charge on any atom is -0.326 e. The van der Waals surface area contributed by atoms with Crippen LogP contribution in [0.3, 0.4) is 0 Å². The average molecular weight is 335 g/mol. The Morgan fingerprint density at radius 2 is 1.58 bits per heavy atom. The van der Waals surface area contributed by atoms with Crippen LogP contribution in [0.2, 0.25) is 0 Å². The van der Waals surface area contributed by atoms with Gasteiger partial charge in [-0.3, -0.25) is 4.21 Å². The second kappa shape index (κ2) is 5.02. The van der Waals surface area contributed by atoms with E-state index in [2.05, 4.69) is 5.87 Å². The van der Waals surface area contributed by atoms with E-state index in [4.69, 9.17) is 5.73 Å². The Kier molecular flexibility index (Phi) is 3.90. The van der Waals surface area contributed by atoms with E-state index in [0.717, 1.165) is 27.6 Å². The van der Waals surface area contributed by atoms with Crippen molar-refractivity contribution in [3.05, 3.63) is 29.1 Å². The summed E-state index contributed by atoms with van der Waals surface area (Å²) in [5.74, 6) is 3.56. The van der Waals surface area contributed by atoms with E-state index < -0.39 is 19.4 Å². The maximum atomic E-state index is 12.4. The van der Waals surface area contributed by atoms with Gasteiger partial charge in [0.2, 0.25) is 9.84 Å². The van der Waals surface area contributed by atoms with Gasteiger partial charge in [0.05, 0.1) is 4.21 Å². The summed E-state index contributed by atoms with van der Waals surface area (Å²) in [7, 11) is -5.93. The lowest BCUT2D eigenvalue weighted by atomic mass is 10.5. The molecule has 2 N–H and O–H groups in total. The van der Waals surface area contributed by atoms with Crippen molar-refractivity contribution in [2.75, 3.05) is 6.26 Å². The molecule has 2 rings (SSSR count). The van der Waals surface area contributed by atoms with Crippen LogP contribution in [0.4, 0.5) is 0 Å². The van der Waals surface area contributed by atoms with Crippen LogP contribution in [0.1, 0.15) is 4.88 Å². The molecule has 0 aromatic carbocycles. The van der Waals surface area contributed by atoms with Gasteiger partial charge in [0.1, 0.15) is 8.42 Å². The molecule has 19 heavy (non-hydrogen) atoms. The molecule has 0 spiro atoms. The monoisotopic (exact) mass is 335 g/mol. The fourth-order valence-electron chi connectivity index (χ4n) is 1.39. The first-order valence-corrected chi connectivity index (χ1v) is 10.5. The Morgan fingerprint density at radius 3 is 2.05 bits per heavy atom. The van der Waals surface area contributed by atoms with E-state index in [1.165, 1.54) is 12.3 Å². The van der Waals surface area contributed by atoms with Crippen LogP contribution in [-0.2, 0) is 25.9 Å². The van der Waals surface area contributed by atoms with Gasteiger partial charge >= 0.3 is 0 Å². The van der Waals surface area contributed by atoms with Crippen LogP contribution in [-0.4, -0.2) is 24.8 Å². The largest absolute Gasteiger partial charge is 0.326 e. The summed E-state index contributed by atoms with van der Waals surface area (Å²) in [5.41, 5.74) is 5.48. The summed E-state index contributed by atoms with van der Waals surface area (Å²) >= 11 is 2.17. The van der Waals surface area contributed by atoms with Gasteiger partial charge in [-0.2, -0.15) is 0 Å². The lowest BCUT2D eigenvalue weighted by Gasteiger charge is -1.98. The van der Waals surface area contributed by atoms with E-state index in [1.54, 1.807) is 18.2 Å². The van der Waals surface area contributed by atoms with Crippen molar-refractivity contribution in [3.63, 3.8) is 0 Å². The molecule has 0 amide bonds. The Balaban J connectivity index is 2.48. The predicted octanol–water partition coefficient (Wildman–Crippen LogP) is 1.81. The summed E-state index contributed by atoms with van der Waals surface area (Å²) in [6.45, 7) is 0.317. The summed E-state index contributed by atoms with van der Waals surface area (Å²) in [5, 5.41) is 0. The third-order valence-corrected chi connectivity index (χ3v) is 9.37. The molecule has 2 aromatic heterocycles. The number of nitrogens with two attached hydrogens (primary N) is 1. The SMILES string of the molecule is C=S(C)(=O)c1ccc(S(=O)(=O)c2ccc(CN)s2)s1. The van der Waals surface area contributed by atoms with Crippen LogP contribution >= 0.6 is 22.7 Å². The molecule has 104 valence electrons. The Hall–Kier alpha value is -0.670. The quantitative estimate of drug-likeness (QED) is 0.865. The number of sulfone groups is 1. The highest BCUT2D eigenvalue weighted by Gasteiger charge is 2.22. The van der Waals surface area contributed by atoms with E-state index in [-0.39, 0.29) is 8.42 Å². The van der Waals surface area contributed by atoms with E-state index in [1.807, 2.05) is 0 Å². The average Bonchev–Trinajstić information content (AvgIpc) is 2.98. The molecule has 4 nitrogen and oxygen atoms in total. The maximum absolute atomic E-state index is 12.4. The normalized spacial score (nSPS) is 15.3. The molecule has 1 unspecified atom stereocenters. The predicted molar refractivity (Wildman–Crippen MR) is 81.4 cm³/mol. The summed E-state index contributed by atoms with van der Waals surface area (Å²) in [4.78, 5) is 0.812. The molecule has 0 saturated carbocycles. The number of thiophene rings is 2. The van der Waals surface area contributed by atoms with E-state index >= 15 is 0 Å². The van der Waals surface area contributed by atoms with Crippen LogP contribution in [0.25, 0.3) is 0 Å². The molecule has 0 aliphatic carbocycles. The standard InChI is InChI=1S/C11H13NO3S4/c1-18(2,13)9-5-6-11(17-9)19(14,15)10-4-3-8(7-12)16-10/h3-6H,1,7,12H2,2H3. The first kappa shape index (κ1) is 14.7. The van der Waals surface area contributed by atoms with Crippen LogP contribution in [0.15, 0.2) is 36.9 Å². The van der Waals surface area contributed by atoms with Crippen LogP contribution in [0.5, 0.6) is 0 Å². The number of hydrogen-bond acceptors (Lipinski definition) is 6. The van der Waals surface area contributed by atoms with Gasteiger partial charge in [-0.05, 0) is 30.1 Å². The van der Waals surface area contributed by atoms with Gasteiger partial charge in [0.25, 0.3) is 0 Å². The maximum Gasteiger partial charge on any atom is 0.225 e. The van der Waals surface area contributed by atoms with Crippen molar-refractivity contribution >= 4 is 47.9 Å². The molecule has 0 bridgehead atoms. The van der Waals surface area contributed by atoms with Gasteiger partial charge < -0.3 is 5.73 Å². The summed E-state index contributed by atoms with van der Waals surface area (Å²) in [6, 6.07) is 6.29. The van der Waals surface area contributed by atoms with Gasteiger partial charge in [0.15, 0.2) is 0 Å². The van der Waals surface area contributed by atoms with Crippen molar-refractivity contribution in [1.82, 2.24) is 0 Å². The molecule has 2 heterocycles. The lowest BCUT2D eigenvalue weighted by Crippen LogP contribution is -1.96. The fraction of sp³-hybridized carbons (Fsp3) is 0.182. The van der Waals surface area contributed by atoms with E-state index in [9.17, 15) is 12.6 Å². The fourth-order valence-corrected chi connectivity index (χ4v) is 6.82. The van der Waals surface area contributed by atoms with Crippen molar-refractivity contribution in [2.45, 2.75) is 19.2 Å². The molecule has 2 aromatic rings. The topological polar surface area (TPSA) is 77.2 Å². The first-order valence-electron chi connectivity index (χ1n) is 5.21. The van der Waals surface area contributed by atoms with Crippen molar-refractivity contribution in [1.29, 1.82) is 0 Å². The highest BCUT2D eigenvalue weighted by molar-refractivity contribution is 8.02. The second-order valence-electron chi connectivity index (χ2n) is 4.01. The Bertz CT molecular complexity index is 797. The first-order chi connectivity index (χ1) is 8.75. The molecule has 0 aliphatic rings. The third-order valence-electron chi connectivity index (χ3n) is 2.35. The zero-order valence-electron chi connectivity index (χ0n) is 10.2. The highest BCUT2D eigenvalue weighted by Crippen LogP contribution is 2.33. The van der Waals surface area contributed by atoms with Gasteiger partial charge in [-0.15, -0.1) is 22.7 Å². The molecule has 8 heteroatoms. The minimum atomic E-state index is -3.54. The number of rotatable bonds is 4. The van der Waals surface area contributed by atoms with Gasteiger partial charge in [-0.1, -0.05) is 0 Å². The highest BCUT2D eigenvalue weighted by atomic mass is 32.3. The lowest BCUT2D eigenvalue weighted by molar-refractivity contribution is 0.600.